The summed E-state index contributed by atoms with van der Waals surface area (Å²) in [5.74, 6) is 0.485. The lowest BCUT2D eigenvalue weighted by Crippen LogP contribution is -2.09. The van der Waals surface area contributed by atoms with E-state index in [9.17, 15) is 0 Å². The smallest absolute Gasteiger partial charge is 0.141 e. The molecule has 0 amide bonds. The van der Waals surface area contributed by atoms with Crippen LogP contribution in [0.5, 0.6) is 0 Å². The van der Waals surface area contributed by atoms with Crippen molar-refractivity contribution in [1.29, 1.82) is 0 Å². The SMILES string of the molecule is [B]c1cc2cc(C(C)C)ccc2c(-c2ccc(-c3c(C)cccc3C)cc2)n1. The van der Waals surface area contributed by atoms with Crippen molar-refractivity contribution in [2.24, 2.45) is 0 Å². The van der Waals surface area contributed by atoms with Gasteiger partial charge in [0.1, 0.15) is 7.85 Å². The molecule has 0 unspecified atom stereocenters. The highest BCUT2D eigenvalue weighted by Crippen LogP contribution is 2.32. The maximum absolute atomic E-state index is 6.14. The maximum atomic E-state index is 6.14. The number of hydrogen-bond acceptors (Lipinski definition) is 1. The van der Waals surface area contributed by atoms with E-state index < -0.39 is 0 Å². The Hall–Kier alpha value is -2.87. The number of aromatic nitrogens is 1. The van der Waals surface area contributed by atoms with Gasteiger partial charge in [0.2, 0.25) is 0 Å². The molecular formula is C26H24BN. The molecule has 3 aromatic carbocycles. The molecule has 4 rings (SSSR count). The van der Waals surface area contributed by atoms with Gasteiger partial charge in [0.15, 0.2) is 0 Å². The largest absolute Gasteiger partial charge is 0.264 e. The minimum absolute atomic E-state index is 0.485. The van der Waals surface area contributed by atoms with Gasteiger partial charge in [-0.3, -0.25) is 4.98 Å². The van der Waals surface area contributed by atoms with Crippen molar-refractivity contribution in [3.63, 3.8) is 0 Å². The van der Waals surface area contributed by atoms with Crippen molar-refractivity contribution in [3.8, 4) is 22.4 Å². The Balaban J connectivity index is 1.82. The summed E-state index contributed by atoms with van der Waals surface area (Å²) in [6.07, 6.45) is 0. The van der Waals surface area contributed by atoms with Crippen LogP contribution < -0.4 is 5.59 Å². The first-order valence-corrected chi connectivity index (χ1v) is 9.81. The first-order valence-electron chi connectivity index (χ1n) is 9.81. The highest BCUT2D eigenvalue weighted by Gasteiger charge is 2.10. The van der Waals surface area contributed by atoms with E-state index in [0.717, 1.165) is 22.0 Å². The molecule has 1 heterocycles. The Bertz CT molecular complexity index is 1140. The summed E-state index contributed by atoms with van der Waals surface area (Å²) in [6.45, 7) is 8.74. The molecule has 0 spiro atoms. The summed E-state index contributed by atoms with van der Waals surface area (Å²) in [6, 6.07) is 23.7. The van der Waals surface area contributed by atoms with Gasteiger partial charge in [-0.1, -0.05) is 74.5 Å². The molecule has 0 aliphatic carbocycles. The Labute approximate surface area is 168 Å². The van der Waals surface area contributed by atoms with Crippen molar-refractivity contribution in [3.05, 3.63) is 83.4 Å². The molecule has 0 fully saturated rings. The zero-order chi connectivity index (χ0) is 19.8. The van der Waals surface area contributed by atoms with E-state index in [1.54, 1.807) is 0 Å². The molecule has 2 heteroatoms. The van der Waals surface area contributed by atoms with Gasteiger partial charge in [-0.15, -0.1) is 0 Å². The van der Waals surface area contributed by atoms with Gasteiger partial charge in [0.25, 0.3) is 0 Å². The Kier molecular flexibility index (Phi) is 4.81. The molecule has 4 aromatic rings. The van der Waals surface area contributed by atoms with Gasteiger partial charge < -0.3 is 0 Å². The van der Waals surface area contributed by atoms with Crippen LogP contribution in [-0.2, 0) is 0 Å². The number of pyridine rings is 1. The summed E-state index contributed by atoms with van der Waals surface area (Å²) in [5.41, 5.74) is 9.03. The topological polar surface area (TPSA) is 12.9 Å². The fourth-order valence-electron chi connectivity index (χ4n) is 3.94. The van der Waals surface area contributed by atoms with Crippen LogP contribution in [0.2, 0.25) is 0 Å². The molecule has 1 aromatic heterocycles. The average molecular weight is 361 g/mol. The molecule has 0 aliphatic heterocycles. The van der Waals surface area contributed by atoms with E-state index in [-0.39, 0.29) is 0 Å². The molecule has 1 nitrogen and oxygen atoms in total. The Morgan fingerprint density at radius 2 is 1.43 bits per heavy atom. The number of nitrogens with zero attached hydrogens (tertiary/aromatic N) is 1. The predicted molar refractivity (Wildman–Crippen MR) is 122 cm³/mol. The number of aryl methyl sites for hydroxylation is 2. The first kappa shape index (κ1) is 18.5. The summed E-state index contributed by atoms with van der Waals surface area (Å²) < 4.78 is 0. The van der Waals surface area contributed by atoms with Gasteiger partial charge >= 0.3 is 0 Å². The number of hydrogen-bond donors (Lipinski definition) is 0. The first-order chi connectivity index (χ1) is 13.4. The third-order valence-corrected chi connectivity index (χ3v) is 5.47. The second-order valence-corrected chi connectivity index (χ2v) is 7.88. The van der Waals surface area contributed by atoms with Gasteiger partial charge in [0.05, 0.1) is 5.69 Å². The molecular weight excluding hydrogens is 337 g/mol. The third-order valence-electron chi connectivity index (χ3n) is 5.47. The van der Waals surface area contributed by atoms with Crippen molar-refractivity contribution in [2.45, 2.75) is 33.6 Å². The molecule has 0 atom stereocenters. The van der Waals surface area contributed by atoms with Crippen LogP contribution in [0.25, 0.3) is 33.2 Å². The van der Waals surface area contributed by atoms with E-state index in [2.05, 4.69) is 93.3 Å². The van der Waals surface area contributed by atoms with Crippen molar-refractivity contribution in [1.82, 2.24) is 4.98 Å². The maximum Gasteiger partial charge on any atom is 0.141 e. The zero-order valence-electron chi connectivity index (χ0n) is 17.0. The summed E-state index contributed by atoms with van der Waals surface area (Å²) in [4.78, 5) is 4.66. The minimum Gasteiger partial charge on any atom is -0.264 e. The molecule has 0 aliphatic rings. The van der Waals surface area contributed by atoms with Gasteiger partial charge in [-0.2, -0.15) is 0 Å². The van der Waals surface area contributed by atoms with Crippen molar-refractivity contribution < 1.29 is 0 Å². The fraction of sp³-hybridized carbons (Fsp3) is 0.192. The summed E-state index contributed by atoms with van der Waals surface area (Å²) >= 11 is 0. The second-order valence-electron chi connectivity index (χ2n) is 7.88. The molecule has 2 radical (unpaired) electrons. The van der Waals surface area contributed by atoms with Crippen LogP contribution in [0.4, 0.5) is 0 Å². The molecule has 0 bridgehead atoms. The highest BCUT2D eigenvalue weighted by atomic mass is 14.7. The fourth-order valence-corrected chi connectivity index (χ4v) is 3.94. The third kappa shape index (κ3) is 3.35. The van der Waals surface area contributed by atoms with Gasteiger partial charge in [0, 0.05) is 10.9 Å². The van der Waals surface area contributed by atoms with Crippen LogP contribution >= 0.6 is 0 Å². The molecule has 0 N–H and O–H groups in total. The zero-order valence-corrected chi connectivity index (χ0v) is 17.0. The summed E-state index contributed by atoms with van der Waals surface area (Å²) in [5, 5.41) is 2.28. The van der Waals surface area contributed by atoms with Crippen molar-refractivity contribution >= 4 is 24.2 Å². The molecule has 136 valence electrons. The van der Waals surface area contributed by atoms with Gasteiger partial charge in [-0.25, -0.2) is 0 Å². The average Bonchev–Trinajstić information content (AvgIpc) is 2.67. The number of rotatable bonds is 3. The lowest BCUT2D eigenvalue weighted by molar-refractivity contribution is 0.869. The normalized spacial score (nSPS) is 11.3. The van der Waals surface area contributed by atoms with Crippen molar-refractivity contribution in [2.75, 3.05) is 0 Å². The highest BCUT2D eigenvalue weighted by molar-refractivity contribution is 6.32. The van der Waals surface area contributed by atoms with Crippen LogP contribution in [0.15, 0.2) is 66.7 Å². The molecule has 28 heavy (non-hydrogen) atoms. The van der Waals surface area contributed by atoms with Crippen LogP contribution in [-0.4, -0.2) is 12.8 Å². The summed E-state index contributed by atoms with van der Waals surface area (Å²) in [7, 11) is 6.14. The molecule has 0 saturated heterocycles. The standard InChI is InChI=1S/C26H24BN/c1-16(2)21-12-13-23-22(14-21)15-24(27)28-26(23)20-10-8-19(9-11-20)25-17(3)6-5-7-18(25)4/h5-16H,1-4H3. The number of fused-ring (bicyclic) bond motifs is 1. The number of benzene rings is 3. The second kappa shape index (κ2) is 7.28. The van der Waals surface area contributed by atoms with Crippen LogP contribution in [0.1, 0.15) is 36.5 Å². The van der Waals surface area contributed by atoms with E-state index >= 15 is 0 Å². The Morgan fingerprint density at radius 3 is 2.07 bits per heavy atom. The lowest BCUT2D eigenvalue weighted by atomic mass is 9.92. The monoisotopic (exact) mass is 361 g/mol. The minimum atomic E-state index is 0.485. The van der Waals surface area contributed by atoms with E-state index in [1.165, 1.54) is 27.8 Å². The quantitative estimate of drug-likeness (QED) is 0.402. The van der Waals surface area contributed by atoms with Gasteiger partial charge in [-0.05, 0) is 64.6 Å². The van der Waals surface area contributed by atoms with E-state index in [1.807, 2.05) is 6.07 Å². The van der Waals surface area contributed by atoms with E-state index in [4.69, 9.17) is 7.85 Å². The van der Waals surface area contributed by atoms with Crippen LogP contribution in [0, 0.1) is 13.8 Å². The lowest BCUT2D eigenvalue weighted by Gasteiger charge is -2.13. The predicted octanol–water partition coefficient (Wildman–Crippen LogP) is 6.10. The van der Waals surface area contributed by atoms with E-state index in [0.29, 0.717) is 11.5 Å². The van der Waals surface area contributed by atoms with Crippen LogP contribution in [0.3, 0.4) is 0 Å². The Morgan fingerprint density at radius 1 is 0.786 bits per heavy atom. The molecule has 0 saturated carbocycles.